The van der Waals surface area contributed by atoms with E-state index in [1.165, 1.54) is 4.68 Å². The first kappa shape index (κ1) is 19.6. The Morgan fingerprint density at radius 1 is 1.25 bits per heavy atom. The maximum absolute atomic E-state index is 13.8. The molecule has 0 bridgehead atoms. The lowest BCUT2D eigenvalue weighted by Gasteiger charge is -2.40. The Labute approximate surface area is 165 Å². The van der Waals surface area contributed by atoms with Crippen molar-refractivity contribution < 1.29 is 13.6 Å². The molecule has 1 amide bonds. The average Bonchev–Trinajstić information content (AvgIpc) is 3.20. The molecular weight excluding hydrogens is 362 g/mol. The van der Waals surface area contributed by atoms with E-state index in [4.69, 9.17) is 0 Å². The third-order valence-electron chi connectivity index (χ3n) is 6.78. The molecule has 2 aliphatic heterocycles. The van der Waals surface area contributed by atoms with Crippen molar-refractivity contribution in [3.63, 3.8) is 0 Å². The van der Waals surface area contributed by atoms with Crippen molar-refractivity contribution in [3.8, 4) is 0 Å². The molecule has 0 radical (unpaired) electrons. The molecule has 28 heavy (non-hydrogen) atoms. The van der Waals surface area contributed by atoms with E-state index in [0.717, 1.165) is 38.0 Å². The topological polar surface area (TPSA) is 50.2 Å². The molecule has 1 N–H and O–H groups in total. The minimum atomic E-state index is -2.44. The zero-order valence-corrected chi connectivity index (χ0v) is 17.3. The zero-order valence-electron chi connectivity index (χ0n) is 17.3. The maximum atomic E-state index is 13.8. The molecule has 4 atom stereocenters. The van der Waals surface area contributed by atoms with Gasteiger partial charge in [-0.05, 0) is 37.5 Å². The van der Waals surface area contributed by atoms with Gasteiger partial charge in [-0.1, -0.05) is 27.7 Å². The Morgan fingerprint density at radius 3 is 2.43 bits per heavy atom. The van der Waals surface area contributed by atoms with Crippen LogP contribution in [0.3, 0.4) is 0 Å². The summed E-state index contributed by atoms with van der Waals surface area (Å²) in [4.78, 5) is 14.4. The lowest BCUT2D eigenvalue weighted by Crippen LogP contribution is -2.46. The van der Waals surface area contributed by atoms with Crippen LogP contribution in [0.1, 0.15) is 65.1 Å². The van der Waals surface area contributed by atoms with Gasteiger partial charge >= 0.3 is 0 Å². The predicted molar refractivity (Wildman–Crippen MR) is 105 cm³/mol. The lowest BCUT2D eigenvalue weighted by molar-refractivity contribution is -0.134. The second kappa shape index (κ2) is 6.99. The molecule has 0 aromatic carbocycles. The van der Waals surface area contributed by atoms with Gasteiger partial charge in [-0.15, -0.1) is 0 Å². The lowest BCUT2D eigenvalue weighted by atomic mass is 9.84. The van der Waals surface area contributed by atoms with Crippen molar-refractivity contribution >= 4 is 11.7 Å². The van der Waals surface area contributed by atoms with Gasteiger partial charge in [0.2, 0.25) is 5.91 Å². The van der Waals surface area contributed by atoms with Crippen LogP contribution >= 0.6 is 0 Å². The van der Waals surface area contributed by atoms with Crippen LogP contribution in [0.2, 0.25) is 0 Å². The molecule has 1 saturated heterocycles. The summed E-state index contributed by atoms with van der Waals surface area (Å²) in [6, 6.07) is 1.05. The monoisotopic (exact) mass is 394 g/mol. The van der Waals surface area contributed by atoms with Crippen molar-refractivity contribution in [1.29, 1.82) is 0 Å². The number of aromatic nitrogens is 2. The number of carbonyl (C=O) groups is 1. The van der Waals surface area contributed by atoms with E-state index in [9.17, 15) is 13.6 Å². The molecule has 1 saturated carbocycles. The molecule has 0 unspecified atom stereocenters. The Kier molecular flexibility index (Phi) is 4.91. The van der Waals surface area contributed by atoms with Gasteiger partial charge in [0.1, 0.15) is 11.9 Å². The Morgan fingerprint density at radius 2 is 1.89 bits per heavy atom. The number of hydrogen-bond donors (Lipinski definition) is 1. The quantitative estimate of drug-likeness (QED) is 0.841. The average molecular weight is 395 g/mol. The Balaban J connectivity index is 1.45. The fourth-order valence-electron chi connectivity index (χ4n) is 4.67. The molecule has 1 aromatic heterocycles. The number of alkyl halides is 2. The van der Waals surface area contributed by atoms with E-state index in [1.807, 2.05) is 31.7 Å². The largest absolute Gasteiger partial charge is 0.367 e. The second-order valence-corrected chi connectivity index (χ2v) is 9.98. The van der Waals surface area contributed by atoms with Crippen molar-refractivity contribution in [1.82, 2.24) is 14.7 Å². The number of anilines is 1. The van der Waals surface area contributed by atoms with Crippen molar-refractivity contribution in [3.05, 3.63) is 11.8 Å². The summed E-state index contributed by atoms with van der Waals surface area (Å²) in [5.41, 5.74) is 0.653. The molecule has 5 nitrogen and oxygen atoms in total. The van der Waals surface area contributed by atoms with Gasteiger partial charge in [-0.25, -0.2) is 13.5 Å². The van der Waals surface area contributed by atoms with Gasteiger partial charge in [0.25, 0.3) is 6.43 Å². The number of rotatable bonds is 3. The zero-order chi connectivity index (χ0) is 20.2. The van der Waals surface area contributed by atoms with Gasteiger partial charge in [-0.3, -0.25) is 4.79 Å². The summed E-state index contributed by atoms with van der Waals surface area (Å²) in [7, 11) is 0. The highest BCUT2D eigenvalue weighted by molar-refractivity contribution is 5.81. The predicted octanol–water partition coefficient (Wildman–Crippen LogP) is 4.07. The number of amides is 1. The molecule has 4 rings (SSSR count). The Hall–Kier alpha value is -1.66. The number of halogens is 2. The highest BCUT2D eigenvalue weighted by Crippen LogP contribution is 2.41. The summed E-state index contributed by atoms with van der Waals surface area (Å²) < 4.78 is 29.1. The van der Waals surface area contributed by atoms with Crippen LogP contribution in [-0.2, 0) is 10.2 Å². The number of fused-ring (bicyclic) bond motifs is 1. The molecule has 2 fully saturated rings. The third kappa shape index (κ3) is 3.64. The summed E-state index contributed by atoms with van der Waals surface area (Å²) in [5.74, 6) is 2.05. The van der Waals surface area contributed by atoms with Crippen LogP contribution in [0.25, 0.3) is 0 Å². The van der Waals surface area contributed by atoms with Crippen LogP contribution in [0, 0.1) is 17.8 Å². The minimum Gasteiger partial charge on any atom is -0.367 e. The fourth-order valence-corrected chi connectivity index (χ4v) is 4.67. The van der Waals surface area contributed by atoms with Crippen molar-refractivity contribution in [2.75, 3.05) is 18.4 Å². The standard InChI is InChI=1S/C21H32F2N4O/c1-12-9-14(12)20(28)26-7-5-13(6-8-26)15-10-16(19(22)23)27-18(24-15)11-17(25-27)21(2,3)4/h11-16,19,24H,5-10H2,1-4H3/t12-,14+,15+,16-/m1/s1. The maximum Gasteiger partial charge on any atom is 0.260 e. The van der Waals surface area contributed by atoms with E-state index in [1.54, 1.807) is 0 Å². The van der Waals surface area contributed by atoms with E-state index in [-0.39, 0.29) is 17.4 Å². The fraction of sp³-hybridized carbons (Fsp3) is 0.810. The van der Waals surface area contributed by atoms with Crippen LogP contribution < -0.4 is 5.32 Å². The number of piperidine rings is 1. The molecular formula is C21H32F2N4O. The molecule has 1 aromatic rings. The number of hydrogen-bond acceptors (Lipinski definition) is 3. The van der Waals surface area contributed by atoms with Crippen LogP contribution in [0.15, 0.2) is 6.07 Å². The van der Waals surface area contributed by atoms with Gasteiger partial charge in [0, 0.05) is 36.5 Å². The first-order valence-electron chi connectivity index (χ1n) is 10.6. The van der Waals surface area contributed by atoms with E-state index < -0.39 is 12.5 Å². The third-order valence-corrected chi connectivity index (χ3v) is 6.78. The van der Waals surface area contributed by atoms with Crippen LogP contribution in [0.5, 0.6) is 0 Å². The second-order valence-electron chi connectivity index (χ2n) is 9.98. The molecule has 3 aliphatic rings. The molecule has 7 heteroatoms. The van der Waals surface area contributed by atoms with Gasteiger partial charge in [0.05, 0.1) is 5.69 Å². The van der Waals surface area contributed by atoms with E-state index in [0.29, 0.717) is 30.0 Å². The van der Waals surface area contributed by atoms with Crippen molar-refractivity contribution in [2.45, 2.75) is 77.3 Å². The number of likely N-dealkylation sites (tertiary alicyclic amines) is 1. The summed E-state index contributed by atoms with van der Waals surface area (Å²) in [6.45, 7) is 9.76. The highest BCUT2D eigenvalue weighted by Gasteiger charge is 2.43. The van der Waals surface area contributed by atoms with E-state index >= 15 is 0 Å². The van der Waals surface area contributed by atoms with Gasteiger partial charge in [0.15, 0.2) is 0 Å². The SMILES string of the molecule is C[C@@H]1C[C@@H]1C(=O)N1CCC([C@@H]2C[C@H](C(F)F)n3nc(C(C)(C)C)cc3N2)CC1. The minimum absolute atomic E-state index is 0.00752. The van der Waals surface area contributed by atoms with Gasteiger partial charge < -0.3 is 10.2 Å². The number of nitrogens with one attached hydrogen (secondary N) is 1. The number of carbonyl (C=O) groups excluding carboxylic acids is 1. The molecule has 1 aliphatic carbocycles. The van der Waals surface area contributed by atoms with Crippen LogP contribution in [-0.4, -0.2) is 46.1 Å². The highest BCUT2D eigenvalue weighted by atomic mass is 19.3. The summed E-state index contributed by atoms with van der Waals surface area (Å²) >= 11 is 0. The van der Waals surface area contributed by atoms with Crippen molar-refractivity contribution in [2.24, 2.45) is 17.8 Å². The molecule has 156 valence electrons. The summed E-state index contributed by atoms with van der Waals surface area (Å²) in [5, 5.41) is 7.99. The number of nitrogens with zero attached hydrogens (tertiary/aromatic N) is 3. The van der Waals surface area contributed by atoms with Crippen LogP contribution in [0.4, 0.5) is 14.6 Å². The summed E-state index contributed by atoms with van der Waals surface area (Å²) in [6.07, 6.45) is 0.712. The normalized spacial score (nSPS) is 30.9. The van der Waals surface area contributed by atoms with Gasteiger partial charge in [-0.2, -0.15) is 5.10 Å². The first-order valence-corrected chi connectivity index (χ1v) is 10.6. The Bertz CT molecular complexity index is 733. The molecule has 0 spiro atoms. The van der Waals surface area contributed by atoms with E-state index in [2.05, 4.69) is 17.3 Å². The first-order chi connectivity index (χ1) is 13.1. The smallest absolute Gasteiger partial charge is 0.260 e. The molecule has 3 heterocycles.